The van der Waals surface area contributed by atoms with E-state index in [1.165, 1.54) is 12.1 Å². The zero-order chi connectivity index (χ0) is 14.7. The predicted molar refractivity (Wildman–Crippen MR) is 78.0 cm³/mol. The summed E-state index contributed by atoms with van der Waals surface area (Å²) in [5.74, 6) is -0.474. The van der Waals surface area contributed by atoms with Crippen LogP contribution >= 0.6 is 27.5 Å². The summed E-state index contributed by atoms with van der Waals surface area (Å²) in [4.78, 5) is 26.0. The number of benzene rings is 1. The molecule has 6 nitrogen and oxygen atoms in total. The number of carbonyl (C=O) groups is 1. The Kier molecular flexibility index (Phi) is 4.31. The molecule has 102 valence electrons. The van der Waals surface area contributed by atoms with Crippen LogP contribution in [0.2, 0.25) is 5.02 Å². The lowest BCUT2D eigenvalue weighted by molar-refractivity contribution is -0.384. The summed E-state index contributed by atoms with van der Waals surface area (Å²) in [5, 5.41) is 13.2. The van der Waals surface area contributed by atoms with E-state index >= 15 is 0 Å². The van der Waals surface area contributed by atoms with Crippen molar-refractivity contribution < 1.29 is 9.72 Å². The monoisotopic (exact) mass is 355 g/mol. The number of non-ortho nitro benzene ring substituents is 1. The van der Waals surface area contributed by atoms with E-state index in [0.717, 1.165) is 6.07 Å². The number of hydrogen-bond acceptors (Lipinski definition) is 4. The zero-order valence-electron chi connectivity index (χ0n) is 9.84. The molecule has 2 aromatic rings. The topological polar surface area (TPSA) is 85.1 Å². The molecule has 2 rings (SSSR count). The van der Waals surface area contributed by atoms with E-state index in [1.54, 1.807) is 18.3 Å². The Hall–Kier alpha value is -1.99. The number of aromatic nitrogens is 1. The fourth-order valence-electron chi connectivity index (χ4n) is 1.47. The van der Waals surface area contributed by atoms with E-state index in [4.69, 9.17) is 11.6 Å². The molecule has 0 aliphatic heterocycles. The van der Waals surface area contributed by atoms with Crippen molar-refractivity contribution >= 4 is 44.8 Å². The molecule has 1 aromatic heterocycles. The van der Waals surface area contributed by atoms with Crippen LogP contribution in [0.5, 0.6) is 0 Å². The first-order valence-electron chi connectivity index (χ1n) is 5.35. The molecular formula is C12H7BrClN3O3. The number of hydrogen-bond donors (Lipinski definition) is 1. The van der Waals surface area contributed by atoms with E-state index in [0.29, 0.717) is 10.3 Å². The lowest BCUT2D eigenvalue weighted by Crippen LogP contribution is -2.13. The Balaban J connectivity index is 2.26. The summed E-state index contributed by atoms with van der Waals surface area (Å²) >= 11 is 9.08. The summed E-state index contributed by atoms with van der Waals surface area (Å²) in [5.41, 5.74) is 0.453. The lowest BCUT2D eigenvalue weighted by atomic mass is 10.2. The van der Waals surface area contributed by atoms with Crippen LogP contribution in [0.3, 0.4) is 0 Å². The van der Waals surface area contributed by atoms with Gasteiger partial charge in [-0.2, -0.15) is 0 Å². The standard InChI is InChI=1S/C12H7BrClN3O3/c13-11-10(2-1-5-15-11)16-12(18)8-4-3-7(17(19)20)6-9(8)14/h1-6H,(H,16,18). The summed E-state index contributed by atoms with van der Waals surface area (Å²) in [6.07, 6.45) is 1.57. The van der Waals surface area contributed by atoms with Gasteiger partial charge in [0.25, 0.3) is 11.6 Å². The van der Waals surface area contributed by atoms with Crippen LogP contribution in [0.15, 0.2) is 41.1 Å². The molecule has 0 atom stereocenters. The van der Waals surface area contributed by atoms with E-state index in [9.17, 15) is 14.9 Å². The van der Waals surface area contributed by atoms with Crippen LogP contribution in [0.1, 0.15) is 10.4 Å². The fourth-order valence-corrected chi connectivity index (χ4v) is 2.08. The summed E-state index contributed by atoms with van der Waals surface area (Å²) in [6, 6.07) is 6.99. The highest BCUT2D eigenvalue weighted by Gasteiger charge is 2.15. The van der Waals surface area contributed by atoms with Crippen LogP contribution < -0.4 is 5.32 Å². The van der Waals surface area contributed by atoms with Gasteiger partial charge in [0.05, 0.1) is 21.2 Å². The van der Waals surface area contributed by atoms with Gasteiger partial charge in [-0.3, -0.25) is 14.9 Å². The van der Waals surface area contributed by atoms with Crippen molar-refractivity contribution in [3.05, 3.63) is 61.8 Å². The van der Waals surface area contributed by atoms with Crippen LogP contribution in [0, 0.1) is 10.1 Å². The Morgan fingerprint density at radius 2 is 2.15 bits per heavy atom. The molecule has 0 spiro atoms. The van der Waals surface area contributed by atoms with Gasteiger partial charge in [0.15, 0.2) is 0 Å². The third kappa shape index (κ3) is 3.12. The van der Waals surface area contributed by atoms with Crippen LogP contribution in [0.25, 0.3) is 0 Å². The molecule has 0 radical (unpaired) electrons. The second-order valence-corrected chi connectivity index (χ2v) is 4.88. The largest absolute Gasteiger partial charge is 0.320 e. The van der Waals surface area contributed by atoms with Crippen molar-refractivity contribution in [3.8, 4) is 0 Å². The van der Waals surface area contributed by atoms with Gasteiger partial charge in [-0.15, -0.1) is 0 Å². The first kappa shape index (κ1) is 14.4. The highest BCUT2D eigenvalue weighted by molar-refractivity contribution is 9.10. The first-order valence-corrected chi connectivity index (χ1v) is 6.52. The SMILES string of the molecule is O=C(Nc1cccnc1Br)c1ccc([N+](=O)[O-])cc1Cl. The second kappa shape index (κ2) is 5.98. The van der Waals surface area contributed by atoms with Crippen molar-refractivity contribution in [3.63, 3.8) is 0 Å². The third-order valence-electron chi connectivity index (χ3n) is 2.42. The summed E-state index contributed by atoms with van der Waals surface area (Å²) < 4.78 is 0.478. The smallest absolute Gasteiger partial charge is 0.270 e. The number of halogens is 2. The Labute approximate surface area is 127 Å². The van der Waals surface area contributed by atoms with Crippen LogP contribution in [0.4, 0.5) is 11.4 Å². The number of nitrogens with one attached hydrogen (secondary N) is 1. The normalized spacial score (nSPS) is 10.1. The Morgan fingerprint density at radius 3 is 2.75 bits per heavy atom. The van der Waals surface area contributed by atoms with E-state index in [2.05, 4.69) is 26.2 Å². The minimum atomic E-state index is -0.578. The quantitative estimate of drug-likeness (QED) is 0.516. The molecule has 20 heavy (non-hydrogen) atoms. The Morgan fingerprint density at radius 1 is 1.40 bits per heavy atom. The molecule has 0 saturated carbocycles. The highest BCUT2D eigenvalue weighted by atomic mass is 79.9. The average Bonchev–Trinajstić information content (AvgIpc) is 2.41. The molecular weight excluding hydrogens is 350 g/mol. The summed E-state index contributed by atoms with van der Waals surface area (Å²) in [6.45, 7) is 0. The van der Waals surface area contributed by atoms with Crippen molar-refractivity contribution in [1.82, 2.24) is 4.98 Å². The number of nitro groups is 1. The van der Waals surface area contributed by atoms with Gasteiger partial charge in [-0.1, -0.05) is 11.6 Å². The van der Waals surface area contributed by atoms with E-state index in [1.807, 2.05) is 0 Å². The molecule has 0 aliphatic carbocycles. The molecule has 0 bridgehead atoms. The molecule has 0 aliphatic rings. The molecule has 8 heteroatoms. The van der Waals surface area contributed by atoms with E-state index in [-0.39, 0.29) is 16.3 Å². The van der Waals surface area contributed by atoms with Gasteiger partial charge in [0.2, 0.25) is 0 Å². The fraction of sp³-hybridized carbons (Fsp3) is 0. The predicted octanol–water partition coefficient (Wildman–Crippen LogP) is 3.66. The van der Waals surface area contributed by atoms with Gasteiger partial charge in [0.1, 0.15) is 4.60 Å². The maximum Gasteiger partial charge on any atom is 0.270 e. The Bertz CT molecular complexity index is 693. The number of carbonyl (C=O) groups excluding carboxylic acids is 1. The molecule has 0 unspecified atom stereocenters. The number of pyridine rings is 1. The minimum absolute atomic E-state index is 0.0108. The van der Waals surface area contributed by atoms with Crippen LogP contribution in [-0.2, 0) is 0 Å². The third-order valence-corrected chi connectivity index (χ3v) is 3.36. The molecule has 1 heterocycles. The van der Waals surface area contributed by atoms with Gasteiger partial charge in [-0.05, 0) is 34.1 Å². The number of nitro benzene ring substituents is 1. The lowest BCUT2D eigenvalue weighted by Gasteiger charge is -2.07. The van der Waals surface area contributed by atoms with Crippen molar-refractivity contribution in [2.24, 2.45) is 0 Å². The minimum Gasteiger partial charge on any atom is -0.320 e. The summed E-state index contributed by atoms with van der Waals surface area (Å²) in [7, 11) is 0. The number of nitrogens with zero attached hydrogens (tertiary/aromatic N) is 2. The maximum atomic E-state index is 12.1. The number of amides is 1. The van der Waals surface area contributed by atoms with Gasteiger partial charge in [0, 0.05) is 18.3 Å². The van der Waals surface area contributed by atoms with Crippen molar-refractivity contribution in [2.45, 2.75) is 0 Å². The van der Waals surface area contributed by atoms with Gasteiger partial charge >= 0.3 is 0 Å². The first-order chi connectivity index (χ1) is 9.49. The average molecular weight is 357 g/mol. The van der Waals surface area contributed by atoms with Gasteiger partial charge < -0.3 is 5.32 Å². The maximum absolute atomic E-state index is 12.1. The van der Waals surface area contributed by atoms with Crippen molar-refractivity contribution in [2.75, 3.05) is 5.32 Å². The molecule has 0 fully saturated rings. The van der Waals surface area contributed by atoms with Crippen molar-refractivity contribution in [1.29, 1.82) is 0 Å². The number of anilines is 1. The van der Waals surface area contributed by atoms with Gasteiger partial charge in [-0.25, -0.2) is 4.98 Å². The second-order valence-electron chi connectivity index (χ2n) is 3.72. The number of rotatable bonds is 3. The van der Waals surface area contributed by atoms with E-state index < -0.39 is 10.8 Å². The molecule has 1 N–H and O–H groups in total. The molecule has 1 aromatic carbocycles. The highest BCUT2D eigenvalue weighted by Crippen LogP contribution is 2.24. The van der Waals surface area contributed by atoms with Crippen LogP contribution in [-0.4, -0.2) is 15.8 Å². The molecule has 1 amide bonds. The zero-order valence-corrected chi connectivity index (χ0v) is 12.2. The molecule has 0 saturated heterocycles.